The zero-order chi connectivity index (χ0) is 17.2. The Balaban J connectivity index is 1.35. The lowest BCUT2D eigenvalue weighted by Crippen LogP contribution is -2.41. The van der Waals surface area contributed by atoms with Gasteiger partial charge in [-0.1, -0.05) is 44.2 Å². The Morgan fingerprint density at radius 3 is 2.80 bits per heavy atom. The summed E-state index contributed by atoms with van der Waals surface area (Å²) in [7, 11) is 0. The van der Waals surface area contributed by atoms with Gasteiger partial charge in [0, 0.05) is 17.4 Å². The number of rotatable bonds is 3. The smallest absolute Gasteiger partial charge is 0.331 e. The lowest BCUT2D eigenvalue weighted by molar-refractivity contribution is -0.151. The minimum absolute atomic E-state index is 0.0291. The van der Waals surface area contributed by atoms with E-state index in [1.165, 1.54) is 19.3 Å². The summed E-state index contributed by atoms with van der Waals surface area (Å²) >= 11 is 0. The van der Waals surface area contributed by atoms with Crippen LogP contribution in [-0.4, -0.2) is 23.8 Å². The monoisotopic (exact) mass is 338 g/mol. The molecule has 5 rings (SSSR count). The lowest BCUT2D eigenvalue weighted by Gasteiger charge is -2.32. The van der Waals surface area contributed by atoms with Crippen molar-refractivity contribution in [3.8, 4) is 0 Å². The number of hydrogen-bond donors (Lipinski definition) is 0. The van der Waals surface area contributed by atoms with E-state index in [9.17, 15) is 4.79 Å². The average molecular weight is 338 g/mol. The standard InChI is InChI=1S/C22H26O3/c1-21(2)13-15-12-16-9-10-17-22(16,25-17)19(15)20(21)24-18(23)11-8-14-6-4-3-5-7-14/h3-8,11,15-17,19-20H,9-10,12-13H2,1-2H3/t15?,16-,17+,19?,20?,22-/m1/s1. The molecule has 0 amide bonds. The predicted octanol–water partition coefficient (Wildman–Crippen LogP) is 4.23. The van der Waals surface area contributed by atoms with Crippen LogP contribution in [-0.2, 0) is 14.3 Å². The normalized spacial score (nSPS) is 42.9. The van der Waals surface area contributed by atoms with E-state index in [-0.39, 0.29) is 23.1 Å². The van der Waals surface area contributed by atoms with E-state index >= 15 is 0 Å². The van der Waals surface area contributed by atoms with Crippen molar-refractivity contribution in [1.82, 2.24) is 0 Å². The molecular weight excluding hydrogens is 312 g/mol. The van der Waals surface area contributed by atoms with Crippen LogP contribution in [0, 0.1) is 23.2 Å². The van der Waals surface area contributed by atoms with Crippen molar-refractivity contribution >= 4 is 12.0 Å². The van der Waals surface area contributed by atoms with Gasteiger partial charge in [-0.2, -0.15) is 0 Å². The minimum atomic E-state index is -0.224. The maximum atomic E-state index is 12.5. The molecule has 3 aliphatic carbocycles. The first kappa shape index (κ1) is 15.6. The molecule has 0 bridgehead atoms. The van der Waals surface area contributed by atoms with Crippen molar-refractivity contribution in [2.75, 3.05) is 0 Å². The number of benzene rings is 1. The lowest BCUT2D eigenvalue weighted by atomic mass is 9.80. The summed E-state index contributed by atoms with van der Waals surface area (Å²) in [6.07, 6.45) is 8.72. The first-order valence-electron chi connectivity index (χ1n) is 9.62. The van der Waals surface area contributed by atoms with E-state index < -0.39 is 0 Å². The highest BCUT2D eigenvalue weighted by molar-refractivity contribution is 5.87. The highest BCUT2D eigenvalue weighted by atomic mass is 16.6. The molecule has 1 aliphatic heterocycles. The van der Waals surface area contributed by atoms with Gasteiger partial charge in [0.2, 0.25) is 0 Å². The van der Waals surface area contributed by atoms with E-state index in [2.05, 4.69) is 13.8 Å². The second-order valence-corrected chi connectivity index (χ2v) is 9.05. The number of carbonyl (C=O) groups is 1. The van der Waals surface area contributed by atoms with Gasteiger partial charge in [-0.15, -0.1) is 0 Å². The maximum Gasteiger partial charge on any atom is 0.331 e. The van der Waals surface area contributed by atoms with Crippen molar-refractivity contribution < 1.29 is 14.3 Å². The fraction of sp³-hybridized carbons (Fsp3) is 0.591. The molecule has 132 valence electrons. The molecule has 0 aromatic heterocycles. The van der Waals surface area contributed by atoms with E-state index in [4.69, 9.17) is 9.47 Å². The van der Waals surface area contributed by atoms with Gasteiger partial charge in [0.1, 0.15) is 11.7 Å². The molecule has 1 saturated heterocycles. The van der Waals surface area contributed by atoms with Crippen LogP contribution in [0.25, 0.3) is 6.08 Å². The number of esters is 1. The SMILES string of the molecule is CC1(C)CC2C[C@H]3CC[C@@H]4O[C@]34C2C1OC(=O)C=Cc1ccccc1. The molecule has 1 aromatic carbocycles. The maximum absolute atomic E-state index is 12.5. The summed E-state index contributed by atoms with van der Waals surface area (Å²) in [5, 5.41) is 0. The topological polar surface area (TPSA) is 38.8 Å². The molecule has 3 saturated carbocycles. The summed E-state index contributed by atoms with van der Waals surface area (Å²) in [6, 6.07) is 9.89. The first-order valence-corrected chi connectivity index (χ1v) is 9.62. The third-order valence-electron chi connectivity index (χ3n) is 7.16. The fourth-order valence-corrected chi connectivity index (χ4v) is 6.28. The zero-order valence-electron chi connectivity index (χ0n) is 15.0. The van der Waals surface area contributed by atoms with Crippen molar-refractivity contribution in [3.05, 3.63) is 42.0 Å². The summed E-state index contributed by atoms with van der Waals surface area (Å²) in [5.74, 6) is 1.53. The number of hydrogen-bond acceptors (Lipinski definition) is 3. The average Bonchev–Trinajstić information content (AvgIpc) is 2.97. The molecule has 3 heteroatoms. The van der Waals surface area contributed by atoms with Gasteiger partial charge in [-0.25, -0.2) is 4.79 Å². The van der Waals surface area contributed by atoms with E-state index in [0.29, 0.717) is 23.9 Å². The van der Waals surface area contributed by atoms with Crippen LogP contribution in [0.2, 0.25) is 0 Å². The quantitative estimate of drug-likeness (QED) is 0.470. The number of fused-ring (bicyclic) bond motifs is 1. The number of ether oxygens (including phenoxy) is 2. The Hall–Kier alpha value is -1.61. The van der Waals surface area contributed by atoms with Gasteiger partial charge >= 0.3 is 5.97 Å². The van der Waals surface area contributed by atoms with Crippen molar-refractivity contribution in [1.29, 1.82) is 0 Å². The Kier molecular flexibility index (Phi) is 3.25. The number of carbonyl (C=O) groups excluding carboxylic acids is 1. The molecule has 3 unspecified atom stereocenters. The predicted molar refractivity (Wildman–Crippen MR) is 95.7 cm³/mol. The third kappa shape index (κ3) is 2.25. The van der Waals surface area contributed by atoms with Crippen LogP contribution in [0.1, 0.15) is 45.1 Å². The van der Waals surface area contributed by atoms with Crippen molar-refractivity contribution in [3.63, 3.8) is 0 Å². The van der Waals surface area contributed by atoms with Gasteiger partial charge in [0.05, 0.1) is 6.10 Å². The molecule has 3 nitrogen and oxygen atoms in total. The molecular formula is C22H26O3. The van der Waals surface area contributed by atoms with E-state index in [1.807, 2.05) is 36.4 Å². The third-order valence-corrected chi connectivity index (χ3v) is 7.16. The fourth-order valence-electron chi connectivity index (χ4n) is 6.28. The summed E-state index contributed by atoms with van der Waals surface area (Å²) in [5.41, 5.74) is 1.10. The second kappa shape index (κ2) is 5.20. The Morgan fingerprint density at radius 2 is 2.04 bits per heavy atom. The molecule has 1 heterocycles. The molecule has 1 spiro atoms. The molecule has 1 aromatic rings. The summed E-state index contributed by atoms with van der Waals surface area (Å²) in [6.45, 7) is 4.50. The summed E-state index contributed by atoms with van der Waals surface area (Å²) < 4.78 is 12.3. The molecule has 4 aliphatic rings. The highest BCUT2D eigenvalue weighted by Gasteiger charge is 2.78. The van der Waals surface area contributed by atoms with E-state index in [0.717, 1.165) is 12.0 Å². The van der Waals surface area contributed by atoms with Crippen molar-refractivity contribution in [2.45, 2.75) is 57.3 Å². The van der Waals surface area contributed by atoms with Gasteiger partial charge in [0.25, 0.3) is 0 Å². The first-order chi connectivity index (χ1) is 12.0. The highest BCUT2D eigenvalue weighted by Crippen LogP contribution is 2.72. The molecule has 6 atom stereocenters. The van der Waals surface area contributed by atoms with Crippen LogP contribution < -0.4 is 0 Å². The van der Waals surface area contributed by atoms with Gasteiger partial charge in [-0.05, 0) is 49.2 Å². The van der Waals surface area contributed by atoms with E-state index in [1.54, 1.807) is 6.08 Å². The molecule has 4 fully saturated rings. The Morgan fingerprint density at radius 1 is 1.24 bits per heavy atom. The molecule has 0 N–H and O–H groups in total. The van der Waals surface area contributed by atoms with Crippen molar-refractivity contribution in [2.24, 2.45) is 23.2 Å². The number of epoxide rings is 1. The second-order valence-electron chi connectivity index (χ2n) is 9.05. The largest absolute Gasteiger partial charge is 0.458 e. The molecule has 25 heavy (non-hydrogen) atoms. The van der Waals surface area contributed by atoms with Gasteiger partial charge < -0.3 is 9.47 Å². The van der Waals surface area contributed by atoms with Crippen LogP contribution in [0.15, 0.2) is 36.4 Å². The van der Waals surface area contributed by atoms with Crippen LogP contribution in [0.3, 0.4) is 0 Å². The Bertz CT molecular complexity index is 722. The Labute approximate surface area is 149 Å². The van der Waals surface area contributed by atoms with Crippen LogP contribution in [0.5, 0.6) is 0 Å². The van der Waals surface area contributed by atoms with Crippen LogP contribution >= 0.6 is 0 Å². The zero-order valence-corrected chi connectivity index (χ0v) is 15.0. The minimum Gasteiger partial charge on any atom is -0.458 e. The molecule has 0 radical (unpaired) electrons. The van der Waals surface area contributed by atoms with Gasteiger partial charge in [0.15, 0.2) is 0 Å². The van der Waals surface area contributed by atoms with Crippen LogP contribution in [0.4, 0.5) is 0 Å². The van der Waals surface area contributed by atoms with Gasteiger partial charge in [-0.3, -0.25) is 0 Å². The summed E-state index contributed by atoms with van der Waals surface area (Å²) in [4.78, 5) is 12.5.